The molecule has 0 aliphatic carbocycles. The summed E-state index contributed by atoms with van der Waals surface area (Å²) in [6, 6.07) is -0.422. The zero-order valence-electron chi connectivity index (χ0n) is 13.1. The smallest absolute Gasteiger partial charge is 0.0586 e. The zero-order chi connectivity index (χ0) is 14.5. The molecule has 3 nitrogen and oxygen atoms in total. The molecule has 0 N–H and O–H groups in total. The number of carboxylic acid groups (broad SMARTS) is 1. The quantitative estimate of drug-likeness (QED) is 0.483. The molecule has 0 aromatic rings. The van der Waals surface area contributed by atoms with E-state index in [1.54, 1.807) is 19.0 Å². The lowest BCUT2D eigenvalue weighted by atomic mass is 10.0. The Bertz CT molecular complexity index is 217. The summed E-state index contributed by atoms with van der Waals surface area (Å²) in [4.78, 5) is 12.6. The average molecular weight is 270 g/mol. The largest absolute Gasteiger partial charge is 0.548 e. The predicted molar refractivity (Wildman–Crippen MR) is 78.9 cm³/mol. The van der Waals surface area contributed by atoms with Gasteiger partial charge in [-0.2, -0.15) is 0 Å². The molecule has 0 fully saturated rings. The zero-order valence-corrected chi connectivity index (χ0v) is 13.1. The maximum atomic E-state index is 10.9. The number of nitrogens with zero attached hydrogens (tertiary/aromatic N) is 1. The maximum absolute atomic E-state index is 10.9. The molecule has 0 rings (SSSR count). The van der Waals surface area contributed by atoms with Gasteiger partial charge in [0.25, 0.3) is 0 Å². The van der Waals surface area contributed by atoms with Crippen molar-refractivity contribution in [2.45, 2.75) is 83.6 Å². The fraction of sp³-hybridized carbons (Fsp3) is 0.938. The molecule has 0 aromatic heterocycles. The summed E-state index contributed by atoms with van der Waals surface area (Å²) in [5.41, 5.74) is 0. The molecular weight excluding hydrogens is 238 g/mol. The van der Waals surface area contributed by atoms with Crippen LogP contribution in [-0.4, -0.2) is 31.0 Å². The molecule has 0 radical (unpaired) electrons. The van der Waals surface area contributed by atoms with E-state index in [1.807, 2.05) is 0 Å². The minimum absolute atomic E-state index is 0.422. The molecule has 0 heterocycles. The van der Waals surface area contributed by atoms with Crippen LogP contribution in [0.1, 0.15) is 77.6 Å². The second kappa shape index (κ2) is 12.5. The van der Waals surface area contributed by atoms with Crippen LogP contribution < -0.4 is 5.11 Å². The van der Waals surface area contributed by atoms with Gasteiger partial charge in [-0.15, -0.1) is 0 Å². The lowest BCUT2D eigenvalue weighted by molar-refractivity contribution is -0.311. The Kier molecular flexibility index (Phi) is 12.1. The topological polar surface area (TPSA) is 43.4 Å². The first kappa shape index (κ1) is 18.4. The number of aliphatic carboxylic acids is 1. The van der Waals surface area contributed by atoms with Crippen LogP contribution in [0.3, 0.4) is 0 Å². The average Bonchev–Trinajstić information content (AvgIpc) is 2.35. The van der Waals surface area contributed by atoms with Gasteiger partial charge in [0.05, 0.1) is 5.97 Å². The molecule has 0 aliphatic heterocycles. The van der Waals surface area contributed by atoms with Crippen molar-refractivity contribution < 1.29 is 9.90 Å². The Labute approximate surface area is 119 Å². The summed E-state index contributed by atoms with van der Waals surface area (Å²) in [7, 11) is 3.60. The Morgan fingerprint density at radius 3 is 1.68 bits per heavy atom. The molecule has 1 atom stereocenters. The second-order valence-electron chi connectivity index (χ2n) is 5.77. The normalized spacial score (nSPS) is 12.8. The van der Waals surface area contributed by atoms with E-state index in [0.717, 1.165) is 12.8 Å². The Morgan fingerprint density at radius 1 is 0.895 bits per heavy atom. The number of hydrogen-bond acceptors (Lipinski definition) is 3. The predicted octanol–water partition coefficient (Wildman–Crippen LogP) is 2.98. The van der Waals surface area contributed by atoms with Gasteiger partial charge in [0.15, 0.2) is 0 Å². The van der Waals surface area contributed by atoms with Gasteiger partial charge in [-0.1, -0.05) is 71.1 Å². The van der Waals surface area contributed by atoms with Gasteiger partial charge in [-0.05, 0) is 20.5 Å². The van der Waals surface area contributed by atoms with E-state index >= 15 is 0 Å². The van der Waals surface area contributed by atoms with E-state index in [2.05, 4.69) is 6.92 Å². The fourth-order valence-corrected chi connectivity index (χ4v) is 2.41. The van der Waals surface area contributed by atoms with Crippen LogP contribution in [0.5, 0.6) is 0 Å². The van der Waals surface area contributed by atoms with E-state index in [0.29, 0.717) is 6.42 Å². The van der Waals surface area contributed by atoms with Gasteiger partial charge in [-0.25, -0.2) is 0 Å². The number of likely N-dealkylation sites (N-methyl/N-ethyl adjacent to an activating group) is 1. The van der Waals surface area contributed by atoms with E-state index in [9.17, 15) is 9.90 Å². The number of carboxylic acids is 1. The van der Waals surface area contributed by atoms with Crippen molar-refractivity contribution in [2.24, 2.45) is 0 Å². The standard InChI is InChI=1S/C16H33NO2/c1-4-5-6-7-8-9-10-11-12-13-14-15(16(18)19)17(2)3/h15H,4-14H2,1-3H3,(H,18,19)/p-1. The maximum Gasteiger partial charge on any atom is 0.0586 e. The molecule has 0 bridgehead atoms. The summed E-state index contributed by atoms with van der Waals surface area (Å²) in [5, 5.41) is 10.9. The van der Waals surface area contributed by atoms with E-state index < -0.39 is 12.0 Å². The summed E-state index contributed by atoms with van der Waals surface area (Å²) in [5.74, 6) is -0.944. The minimum atomic E-state index is -0.944. The molecule has 0 aliphatic rings. The Balaban J connectivity index is 3.32. The SMILES string of the molecule is CCCCCCCCCCCCC(C(=O)[O-])N(C)C. The van der Waals surface area contributed by atoms with Crippen LogP contribution in [0, 0.1) is 0 Å². The van der Waals surface area contributed by atoms with Gasteiger partial charge in [0.1, 0.15) is 0 Å². The van der Waals surface area contributed by atoms with E-state index in [4.69, 9.17) is 0 Å². The number of hydrogen-bond donors (Lipinski definition) is 0. The highest BCUT2D eigenvalue weighted by atomic mass is 16.4. The molecule has 3 heteroatoms. The number of carbonyl (C=O) groups excluding carboxylic acids is 1. The van der Waals surface area contributed by atoms with Crippen LogP contribution in [0.15, 0.2) is 0 Å². The van der Waals surface area contributed by atoms with E-state index in [1.165, 1.54) is 51.4 Å². The Hall–Kier alpha value is -0.570. The molecular formula is C16H32NO2-. The van der Waals surface area contributed by atoms with Gasteiger partial charge in [-0.3, -0.25) is 0 Å². The fourth-order valence-electron chi connectivity index (χ4n) is 2.41. The third-order valence-corrected chi connectivity index (χ3v) is 3.73. The van der Waals surface area contributed by atoms with Gasteiger partial charge < -0.3 is 14.8 Å². The van der Waals surface area contributed by atoms with E-state index in [-0.39, 0.29) is 0 Å². The van der Waals surface area contributed by atoms with Gasteiger partial charge >= 0.3 is 0 Å². The highest BCUT2D eigenvalue weighted by molar-refractivity contribution is 5.70. The second-order valence-corrected chi connectivity index (χ2v) is 5.77. The van der Waals surface area contributed by atoms with Crippen LogP contribution in [0.4, 0.5) is 0 Å². The van der Waals surface area contributed by atoms with Crippen molar-refractivity contribution >= 4 is 5.97 Å². The van der Waals surface area contributed by atoms with Crippen molar-refractivity contribution in [3.05, 3.63) is 0 Å². The van der Waals surface area contributed by atoms with Crippen molar-refractivity contribution in [2.75, 3.05) is 14.1 Å². The number of carbonyl (C=O) groups is 1. The molecule has 114 valence electrons. The monoisotopic (exact) mass is 270 g/mol. The summed E-state index contributed by atoms with van der Waals surface area (Å²) in [6.45, 7) is 2.24. The lowest BCUT2D eigenvalue weighted by Gasteiger charge is -2.24. The highest BCUT2D eigenvalue weighted by Gasteiger charge is 2.11. The summed E-state index contributed by atoms with van der Waals surface area (Å²) >= 11 is 0. The van der Waals surface area contributed by atoms with Crippen LogP contribution in [-0.2, 0) is 4.79 Å². The van der Waals surface area contributed by atoms with Crippen molar-refractivity contribution in [1.29, 1.82) is 0 Å². The summed E-state index contributed by atoms with van der Waals surface area (Å²) < 4.78 is 0. The molecule has 0 saturated carbocycles. The first-order valence-corrected chi connectivity index (χ1v) is 7.96. The minimum Gasteiger partial charge on any atom is -0.548 e. The third-order valence-electron chi connectivity index (χ3n) is 3.73. The first-order valence-electron chi connectivity index (χ1n) is 7.96. The number of unbranched alkanes of at least 4 members (excludes halogenated alkanes) is 9. The molecule has 0 saturated heterocycles. The van der Waals surface area contributed by atoms with Gasteiger partial charge in [0.2, 0.25) is 0 Å². The Morgan fingerprint density at radius 2 is 1.32 bits per heavy atom. The van der Waals surface area contributed by atoms with Crippen molar-refractivity contribution in [3.63, 3.8) is 0 Å². The van der Waals surface area contributed by atoms with Crippen molar-refractivity contribution in [1.82, 2.24) is 4.90 Å². The molecule has 0 amide bonds. The van der Waals surface area contributed by atoms with Gasteiger partial charge in [0, 0.05) is 6.04 Å². The summed E-state index contributed by atoms with van der Waals surface area (Å²) in [6.07, 6.45) is 13.5. The van der Waals surface area contributed by atoms with Crippen molar-refractivity contribution in [3.8, 4) is 0 Å². The van der Waals surface area contributed by atoms with Crippen LogP contribution >= 0.6 is 0 Å². The van der Waals surface area contributed by atoms with Crippen LogP contribution in [0.2, 0.25) is 0 Å². The lowest BCUT2D eigenvalue weighted by Crippen LogP contribution is -2.44. The number of rotatable bonds is 13. The first-order chi connectivity index (χ1) is 9.09. The molecule has 19 heavy (non-hydrogen) atoms. The molecule has 1 unspecified atom stereocenters. The molecule has 0 aromatic carbocycles. The highest BCUT2D eigenvalue weighted by Crippen LogP contribution is 2.12. The van der Waals surface area contributed by atoms with Crippen LogP contribution in [0.25, 0.3) is 0 Å². The third kappa shape index (κ3) is 11.0. The molecule has 0 spiro atoms.